The minimum Gasteiger partial charge on any atom is -0.369 e. The van der Waals surface area contributed by atoms with Crippen molar-refractivity contribution in [2.75, 3.05) is 25.0 Å². The van der Waals surface area contributed by atoms with Crippen LogP contribution in [0.5, 0.6) is 0 Å². The Morgan fingerprint density at radius 2 is 2.19 bits per heavy atom. The first kappa shape index (κ1) is 15.3. The topological polar surface area (TPSA) is 60.7 Å². The van der Waals surface area contributed by atoms with Gasteiger partial charge in [0.25, 0.3) is 0 Å². The first-order valence-corrected chi connectivity index (χ1v) is 6.61. The summed E-state index contributed by atoms with van der Waals surface area (Å²) >= 11 is 0. The predicted octanol–water partition coefficient (Wildman–Crippen LogP) is 2.69. The van der Waals surface area contributed by atoms with Crippen molar-refractivity contribution in [3.8, 4) is 6.07 Å². The van der Waals surface area contributed by atoms with Crippen LogP contribution in [-0.4, -0.2) is 24.6 Å². The van der Waals surface area contributed by atoms with Crippen molar-refractivity contribution in [1.82, 2.24) is 10.3 Å². The molecule has 0 atom stereocenters. The van der Waals surface area contributed by atoms with Gasteiger partial charge in [-0.1, -0.05) is 11.6 Å². The van der Waals surface area contributed by atoms with Crippen molar-refractivity contribution in [3.63, 3.8) is 0 Å². The van der Waals surface area contributed by atoms with Crippen LogP contribution in [0.3, 0.4) is 0 Å². The molecule has 21 heavy (non-hydrogen) atoms. The number of hydrogen-bond donors (Lipinski definition) is 2. The smallest absolute Gasteiger partial charge is 0.369 e. The first-order valence-electron chi connectivity index (χ1n) is 6.61. The molecule has 2 N–H and O–H groups in total. The zero-order valence-corrected chi connectivity index (χ0v) is 11.3. The lowest BCUT2D eigenvalue weighted by molar-refractivity contribution is -0.141. The van der Waals surface area contributed by atoms with E-state index in [0.717, 1.165) is 38.1 Å². The van der Waals surface area contributed by atoms with Crippen molar-refractivity contribution in [1.29, 1.82) is 5.26 Å². The van der Waals surface area contributed by atoms with Crippen LogP contribution >= 0.6 is 0 Å². The number of hydrogen-bond acceptors (Lipinski definition) is 4. The van der Waals surface area contributed by atoms with Gasteiger partial charge in [-0.15, -0.1) is 0 Å². The number of alkyl halides is 3. The lowest BCUT2D eigenvalue weighted by Crippen LogP contribution is -2.21. The van der Waals surface area contributed by atoms with Gasteiger partial charge in [-0.05, 0) is 31.5 Å². The van der Waals surface area contributed by atoms with Crippen LogP contribution in [0.15, 0.2) is 23.8 Å². The summed E-state index contributed by atoms with van der Waals surface area (Å²) in [6.45, 7) is 2.19. The summed E-state index contributed by atoms with van der Waals surface area (Å²) in [6, 6.07) is 3.81. The molecule has 0 unspecified atom stereocenters. The molecule has 0 radical (unpaired) electrons. The Kier molecular flexibility index (Phi) is 4.81. The molecule has 1 aliphatic heterocycles. The van der Waals surface area contributed by atoms with E-state index in [1.54, 1.807) is 0 Å². The third kappa shape index (κ3) is 4.20. The Balaban J connectivity index is 2.04. The second kappa shape index (κ2) is 6.59. The van der Waals surface area contributed by atoms with Gasteiger partial charge in [0.2, 0.25) is 0 Å². The molecule has 1 aromatic rings. The molecule has 0 bridgehead atoms. The highest BCUT2D eigenvalue weighted by Crippen LogP contribution is 2.29. The van der Waals surface area contributed by atoms with Gasteiger partial charge in [-0.2, -0.15) is 18.4 Å². The normalized spacial score (nSPS) is 15.2. The van der Waals surface area contributed by atoms with Gasteiger partial charge in [-0.3, -0.25) is 0 Å². The number of nitrogens with one attached hydrogen (secondary N) is 2. The quantitative estimate of drug-likeness (QED) is 0.839. The Labute approximate surface area is 120 Å². The molecule has 112 valence electrons. The van der Waals surface area contributed by atoms with Crippen molar-refractivity contribution in [2.45, 2.75) is 19.0 Å². The van der Waals surface area contributed by atoms with Crippen LogP contribution in [0.25, 0.3) is 0 Å². The number of rotatable bonds is 4. The largest absolute Gasteiger partial charge is 0.433 e. The van der Waals surface area contributed by atoms with E-state index in [4.69, 9.17) is 5.26 Å². The van der Waals surface area contributed by atoms with Crippen LogP contribution in [0.4, 0.5) is 19.0 Å². The second-order valence-corrected chi connectivity index (χ2v) is 4.70. The zero-order chi connectivity index (χ0) is 15.3. The SMILES string of the molecule is N#Cc1ccc(C(F)(F)F)nc1NCCC1=CCNCC1. The Hall–Kier alpha value is -2.07. The fraction of sp³-hybridized carbons (Fsp3) is 0.429. The maximum atomic E-state index is 12.6. The average Bonchev–Trinajstić information content (AvgIpc) is 2.47. The standard InChI is InChI=1S/C14H15F3N4/c15-14(16,17)12-2-1-11(9-18)13(21-12)20-8-5-10-3-6-19-7-4-10/h1-3,19H,4-8H2,(H,20,21). The molecule has 2 rings (SSSR count). The van der Waals surface area contributed by atoms with Crippen LogP contribution in [-0.2, 0) is 6.18 Å². The highest BCUT2D eigenvalue weighted by Gasteiger charge is 2.33. The number of nitrogens with zero attached hydrogens (tertiary/aromatic N) is 2. The maximum Gasteiger partial charge on any atom is 0.433 e. The molecule has 0 spiro atoms. The van der Waals surface area contributed by atoms with Crippen molar-refractivity contribution >= 4 is 5.82 Å². The van der Waals surface area contributed by atoms with Gasteiger partial charge >= 0.3 is 6.18 Å². The molecule has 0 saturated carbocycles. The summed E-state index contributed by atoms with van der Waals surface area (Å²) in [6.07, 6.45) is -0.773. The fourth-order valence-electron chi connectivity index (χ4n) is 2.08. The summed E-state index contributed by atoms with van der Waals surface area (Å²) < 4.78 is 37.9. The number of halogens is 3. The third-order valence-electron chi connectivity index (χ3n) is 3.20. The van der Waals surface area contributed by atoms with Gasteiger partial charge in [0.05, 0.1) is 5.56 Å². The fourth-order valence-corrected chi connectivity index (χ4v) is 2.08. The van der Waals surface area contributed by atoms with Gasteiger partial charge in [-0.25, -0.2) is 4.98 Å². The summed E-state index contributed by atoms with van der Waals surface area (Å²) in [5.41, 5.74) is 0.374. The Bertz CT molecular complexity index is 573. The molecular formula is C14H15F3N4. The van der Waals surface area contributed by atoms with Crippen LogP contribution in [0.1, 0.15) is 24.1 Å². The van der Waals surface area contributed by atoms with E-state index in [-0.39, 0.29) is 11.4 Å². The molecule has 0 aliphatic carbocycles. The number of pyridine rings is 1. The molecule has 0 amide bonds. The van der Waals surface area contributed by atoms with Gasteiger partial charge in [0.1, 0.15) is 17.6 Å². The molecule has 0 aromatic carbocycles. The van der Waals surface area contributed by atoms with Crippen LogP contribution < -0.4 is 10.6 Å². The maximum absolute atomic E-state index is 12.6. The van der Waals surface area contributed by atoms with Crippen LogP contribution in [0, 0.1) is 11.3 Å². The first-order chi connectivity index (χ1) is 10.0. The molecule has 1 aliphatic rings. The van der Waals surface area contributed by atoms with E-state index in [0.29, 0.717) is 6.54 Å². The Morgan fingerprint density at radius 1 is 1.38 bits per heavy atom. The van der Waals surface area contributed by atoms with Gasteiger partial charge in [0.15, 0.2) is 0 Å². The summed E-state index contributed by atoms with van der Waals surface area (Å²) in [5, 5.41) is 14.9. The number of nitriles is 1. The summed E-state index contributed by atoms with van der Waals surface area (Å²) in [5.74, 6) is -0.0122. The molecule has 0 fully saturated rings. The van der Waals surface area contributed by atoms with E-state index >= 15 is 0 Å². The molecule has 7 heteroatoms. The zero-order valence-electron chi connectivity index (χ0n) is 11.3. The highest BCUT2D eigenvalue weighted by atomic mass is 19.4. The van der Waals surface area contributed by atoms with E-state index in [1.165, 1.54) is 5.57 Å². The van der Waals surface area contributed by atoms with Crippen molar-refractivity contribution < 1.29 is 13.2 Å². The van der Waals surface area contributed by atoms with Gasteiger partial charge < -0.3 is 10.6 Å². The molecule has 0 saturated heterocycles. The molecular weight excluding hydrogens is 281 g/mol. The van der Waals surface area contributed by atoms with Crippen molar-refractivity contribution in [3.05, 3.63) is 35.0 Å². The van der Waals surface area contributed by atoms with E-state index in [1.807, 2.05) is 6.07 Å². The predicted molar refractivity (Wildman–Crippen MR) is 72.6 cm³/mol. The minimum absolute atomic E-state index is 0.0122. The second-order valence-electron chi connectivity index (χ2n) is 4.70. The lowest BCUT2D eigenvalue weighted by Gasteiger charge is -2.15. The van der Waals surface area contributed by atoms with Gasteiger partial charge in [0, 0.05) is 13.1 Å². The van der Waals surface area contributed by atoms with E-state index in [2.05, 4.69) is 21.7 Å². The van der Waals surface area contributed by atoms with Crippen LogP contribution in [0.2, 0.25) is 0 Å². The molecule has 4 nitrogen and oxygen atoms in total. The third-order valence-corrected chi connectivity index (χ3v) is 3.20. The highest BCUT2D eigenvalue weighted by molar-refractivity contribution is 5.52. The van der Waals surface area contributed by atoms with Crippen molar-refractivity contribution in [2.24, 2.45) is 0 Å². The average molecular weight is 296 g/mol. The minimum atomic E-state index is -4.51. The number of anilines is 1. The Morgan fingerprint density at radius 3 is 2.81 bits per heavy atom. The molecule has 1 aromatic heterocycles. The summed E-state index contributed by atoms with van der Waals surface area (Å²) in [4.78, 5) is 3.51. The number of aromatic nitrogens is 1. The van der Waals surface area contributed by atoms with E-state index < -0.39 is 11.9 Å². The van der Waals surface area contributed by atoms with E-state index in [9.17, 15) is 13.2 Å². The monoisotopic (exact) mass is 296 g/mol. The summed E-state index contributed by atoms with van der Waals surface area (Å²) in [7, 11) is 0. The molecule has 2 heterocycles. The lowest BCUT2D eigenvalue weighted by atomic mass is 10.1.